The Morgan fingerprint density at radius 1 is 0.833 bits per heavy atom. The van der Waals surface area contributed by atoms with Gasteiger partial charge in [-0.25, -0.2) is 10.5 Å². The number of fused-ring (bicyclic) bond motifs is 1. The lowest BCUT2D eigenvalue weighted by Gasteiger charge is -2.15. The van der Waals surface area contributed by atoms with Gasteiger partial charge in [0.15, 0.2) is 5.75 Å². The molecule has 0 saturated carbocycles. The van der Waals surface area contributed by atoms with Gasteiger partial charge in [0.25, 0.3) is 20.2 Å². The lowest BCUT2D eigenvalue weighted by atomic mass is 10.1. The van der Waals surface area contributed by atoms with Gasteiger partial charge in [-0.2, -0.15) is 31.8 Å². The number of azo groups is 1. The molecule has 0 spiro atoms. The van der Waals surface area contributed by atoms with Crippen molar-refractivity contribution in [2.75, 3.05) is 21.7 Å². The van der Waals surface area contributed by atoms with Gasteiger partial charge in [-0.15, -0.1) is 18.9 Å². The smallest absolute Gasteiger partial charge is 0.330 e. The van der Waals surface area contributed by atoms with E-state index in [1.165, 1.54) is 13.0 Å². The van der Waals surface area contributed by atoms with E-state index in [2.05, 4.69) is 59.9 Å². The Labute approximate surface area is 354 Å². The second kappa shape index (κ2) is 20.5. The van der Waals surface area contributed by atoms with Gasteiger partial charge in [-0.1, -0.05) is 17.0 Å². The molecule has 30 heteroatoms. The molecule has 5 rings (SSSR count). The van der Waals surface area contributed by atoms with Crippen LogP contribution in [0.4, 0.5) is 40.3 Å². The molecule has 0 radical (unpaired) electrons. The lowest BCUT2D eigenvalue weighted by molar-refractivity contribution is -0.432. The van der Waals surface area contributed by atoms with E-state index in [0.717, 1.165) is 42.4 Å². The van der Waals surface area contributed by atoms with Crippen LogP contribution in [0.3, 0.4) is 0 Å². The van der Waals surface area contributed by atoms with Gasteiger partial charge in [0.2, 0.25) is 23.1 Å². The summed E-state index contributed by atoms with van der Waals surface area (Å²) in [4.78, 5) is 35.2. The van der Waals surface area contributed by atoms with Crippen molar-refractivity contribution in [3.8, 4) is 5.75 Å². The van der Waals surface area contributed by atoms with E-state index in [1.807, 2.05) is 0 Å². The highest BCUT2D eigenvalue weighted by Crippen LogP contribution is 2.47. The van der Waals surface area contributed by atoms with Gasteiger partial charge in [-0.05, 0) is 77.7 Å². The minimum atomic E-state index is -4.97. The number of aromatic hydroxyl groups is 1. The number of halogens is 1. The molecular weight excluding hydrogens is 924 g/mol. The van der Waals surface area contributed by atoms with Crippen molar-refractivity contribution in [1.29, 1.82) is 0 Å². The van der Waals surface area contributed by atoms with Crippen molar-refractivity contribution in [2.24, 2.45) is 10.2 Å². The predicted molar refractivity (Wildman–Crippen MR) is 212 cm³/mol. The van der Waals surface area contributed by atoms with Crippen molar-refractivity contribution >= 4 is 131 Å². The topological polar surface area (TPSA) is 349 Å². The zero-order chi connectivity index (χ0) is 43.6. The summed E-state index contributed by atoms with van der Waals surface area (Å²) in [7, 11) is -9.82. The monoisotopic (exact) mass is 948 g/mol. The Bertz CT molecular complexity index is 2670. The summed E-state index contributed by atoms with van der Waals surface area (Å²) in [5, 5.41) is 50.8. The van der Waals surface area contributed by atoms with Gasteiger partial charge in [0.05, 0.1) is 39.6 Å². The van der Waals surface area contributed by atoms with E-state index in [9.17, 15) is 40.6 Å². The van der Waals surface area contributed by atoms with Gasteiger partial charge < -0.3 is 25.2 Å². The number of benzene rings is 4. The summed E-state index contributed by atoms with van der Waals surface area (Å²) in [5.74, 6) is -2.53. The average molecular weight is 949 g/mol. The zero-order valence-electron chi connectivity index (χ0n) is 29.6. The Morgan fingerprint density at radius 2 is 1.50 bits per heavy atom. The number of carbonyl (C=O) groups excluding carboxylic acids is 2. The Morgan fingerprint density at radius 3 is 2.13 bits per heavy atom. The molecule has 60 heavy (non-hydrogen) atoms. The van der Waals surface area contributed by atoms with E-state index in [-0.39, 0.29) is 68.4 Å². The minimum Gasteiger partial charge on any atom is -0.505 e. The third-order valence-corrected chi connectivity index (χ3v) is 10.9. The number of nitrogens with one attached hydrogen (secondary N) is 3. The Balaban J connectivity index is 1.46. The number of rotatable bonds is 19. The highest BCUT2D eigenvalue weighted by Gasteiger charge is 2.23. The molecule has 0 bridgehead atoms. The van der Waals surface area contributed by atoms with Crippen LogP contribution in [0, 0.1) is 0 Å². The maximum atomic E-state index is 12.4. The van der Waals surface area contributed by atoms with E-state index in [4.69, 9.17) is 26.3 Å². The fourth-order valence-electron chi connectivity index (χ4n) is 4.68. The summed E-state index contributed by atoms with van der Waals surface area (Å²) >= 11 is 7.65. The summed E-state index contributed by atoms with van der Waals surface area (Å²) in [6.45, 7) is 1.49. The molecule has 4 aromatic carbocycles. The first-order valence-electron chi connectivity index (χ1n) is 15.8. The SMILES string of the molecule is CCC(=O)Nc1cc(S(=O)(=O)O)cc2cc(SOOO)c(N=Nc3cc(Nc4nc(Cl)nc(Nc5ccc(SOC(=O)CSOOO)cc5)n4)ccc3S(=O)(=O)O)c(O)c12. The predicted octanol–water partition coefficient (Wildman–Crippen LogP) is 7.18. The van der Waals surface area contributed by atoms with Crippen molar-refractivity contribution in [3.05, 3.63) is 65.9 Å². The van der Waals surface area contributed by atoms with Crippen molar-refractivity contribution in [3.63, 3.8) is 0 Å². The van der Waals surface area contributed by atoms with Crippen LogP contribution in [0.15, 0.2) is 90.5 Å². The van der Waals surface area contributed by atoms with Crippen LogP contribution in [0.5, 0.6) is 5.75 Å². The Kier molecular flexibility index (Phi) is 15.8. The molecule has 0 aliphatic heterocycles. The molecule has 1 amide bonds. The molecule has 1 aromatic heterocycles. The van der Waals surface area contributed by atoms with Crippen molar-refractivity contribution in [2.45, 2.75) is 32.9 Å². The van der Waals surface area contributed by atoms with Crippen LogP contribution in [0.25, 0.3) is 10.8 Å². The molecule has 0 saturated heterocycles. The van der Waals surface area contributed by atoms with Gasteiger partial charge in [0, 0.05) is 40.1 Å². The first-order chi connectivity index (χ1) is 28.5. The molecule has 0 aliphatic carbocycles. The van der Waals surface area contributed by atoms with Gasteiger partial charge in [-0.3, -0.25) is 18.7 Å². The van der Waals surface area contributed by atoms with Crippen LogP contribution in [0.1, 0.15) is 13.3 Å². The standard InChI is InChI=1S/C30H25ClN8O16S5/c1-2-23(40)34-20-12-18(59(45,46)47)9-14-10-21(58-55-53-44)26(27(42)25(14)20)39-38-19-11-16(5-8-22(19)60(48,49)50)33-30-36-28(31)35-29(37-30)32-15-3-6-17(7-4-15)57-51-24(41)13-56-54-52-43/h3-12,42-44H,2,13H2,1H3,(H,34,40)(H,45,46,47)(H,48,49,50)(H2,32,33,35,36,37). The van der Waals surface area contributed by atoms with E-state index in [0.29, 0.717) is 22.6 Å². The minimum absolute atomic E-state index is 0.0500. The molecule has 1 heterocycles. The quantitative estimate of drug-likeness (QED) is 0.0101. The van der Waals surface area contributed by atoms with E-state index >= 15 is 0 Å². The first-order valence-corrected chi connectivity index (χ1v) is 21.5. The average Bonchev–Trinajstić information content (AvgIpc) is 3.18. The molecule has 0 unspecified atom stereocenters. The van der Waals surface area contributed by atoms with E-state index < -0.39 is 59.0 Å². The number of hydrogen-bond acceptors (Lipinski definition) is 24. The third kappa shape index (κ3) is 12.5. The van der Waals surface area contributed by atoms with Crippen molar-refractivity contribution < 1.29 is 74.1 Å². The first kappa shape index (κ1) is 46.1. The summed E-state index contributed by atoms with van der Waals surface area (Å²) in [5.41, 5.74) is -0.772. The largest absolute Gasteiger partial charge is 0.505 e. The molecule has 0 fully saturated rings. The van der Waals surface area contributed by atoms with E-state index in [1.54, 1.807) is 24.3 Å². The molecule has 24 nitrogen and oxygen atoms in total. The molecular formula is C30H25ClN8O16S5. The summed E-state index contributed by atoms with van der Waals surface area (Å²) in [6, 6.07) is 12.6. The number of hydrogen-bond donors (Lipinski definition) is 8. The summed E-state index contributed by atoms with van der Waals surface area (Å²) in [6.07, 6.45) is -0.0746. The second-order valence-electron chi connectivity index (χ2n) is 11.1. The van der Waals surface area contributed by atoms with Crippen LogP contribution in [-0.4, -0.2) is 74.1 Å². The Hall–Kier alpha value is -4.99. The van der Waals surface area contributed by atoms with Gasteiger partial charge >= 0.3 is 5.97 Å². The normalized spacial score (nSPS) is 11.8. The third-order valence-electron chi connectivity index (χ3n) is 7.13. The number of anilines is 5. The fourth-order valence-corrected chi connectivity index (χ4v) is 7.30. The maximum Gasteiger partial charge on any atom is 0.330 e. The zero-order valence-corrected chi connectivity index (χ0v) is 34.4. The number of phenols is 1. The van der Waals surface area contributed by atoms with Crippen LogP contribution in [0.2, 0.25) is 5.28 Å². The lowest BCUT2D eigenvalue weighted by Crippen LogP contribution is -2.11. The number of phenolic OH excluding ortho intramolecular Hbond substituents is 1. The van der Waals surface area contributed by atoms with Gasteiger partial charge in [0.1, 0.15) is 22.0 Å². The molecule has 0 atom stereocenters. The van der Waals surface area contributed by atoms with Crippen LogP contribution < -0.4 is 16.0 Å². The van der Waals surface area contributed by atoms with Crippen LogP contribution in [-0.2, 0) is 52.8 Å². The number of carbonyl (C=O) groups is 2. The molecule has 5 aromatic rings. The molecule has 8 N–H and O–H groups in total. The highest BCUT2D eigenvalue weighted by molar-refractivity contribution is 7.96. The number of aromatic nitrogens is 3. The van der Waals surface area contributed by atoms with Crippen molar-refractivity contribution in [1.82, 2.24) is 15.0 Å². The molecule has 0 aliphatic rings. The highest BCUT2D eigenvalue weighted by atomic mass is 35.5. The number of amides is 1. The van der Waals surface area contributed by atoms with Crippen LogP contribution >= 0.6 is 47.7 Å². The summed E-state index contributed by atoms with van der Waals surface area (Å²) < 4.78 is 82.2. The second-order valence-corrected chi connectivity index (χ2v) is 16.4. The molecule has 318 valence electrons. The fraction of sp³-hybridized carbons (Fsp3) is 0.100. The maximum absolute atomic E-state index is 12.4. The number of nitrogens with zero attached hydrogens (tertiary/aromatic N) is 5.